The summed E-state index contributed by atoms with van der Waals surface area (Å²) in [5.41, 5.74) is 19.7. The molecule has 7 amide bonds. The maximum absolute atomic E-state index is 13.9. The van der Waals surface area contributed by atoms with E-state index in [1.165, 1.54) is 32.4 Å². The zero-order valence-electron chi connectivity index (χ0n) is 71.6. The number of hydrogen-bond acceptors (Lipinski definition) is 23. The summed E-state index contributed by atoms with van der Waals surface area (Å²) >= 11 is 4.12. The molecule has 16 N–H and O–H groups in total. The van der Waals surface area contributed by atoms with Crippen molar-refractivity contribution in [2.24, 2.45) is 29.2 Å². The number of rotatable bonds is 46. The highest BCUT2D eigenvalue weighted by Gasteiger charge is 2.33. The topological polar surface area (TPSA) is 498 Å². The van der Waals surface area contributed by atoms with Crippen molar-refractivity contribution in [2.75, 3.05) is 39.4 Å². The van der Waals surface area contributed by atoms with Gasteiger partial charge in [-0.2, -0.15) is 12.6 Å². The summed E-state index contributed by atoms with van der Waals surface area (Å²) in [5.74, 6) is -10.9. The molecule has 0 aliphatic heterocycles. The van der Waals surface area contributed by atoms with Gasteiger partial charge in [-0.1, -0.05) is 219 Å². The second-order valence-corrected chi connectivity index (χ2v) is 35.3. The van der Waals surface area contributed by atoms with Gasteiger partial charge in [-0.05, 0) is 113 Å². The van der Waals surface area contributed by atoms with Crippen molar-refractivity contribution in [2.45, 2.75) is 100 Å². The first-order valence-electron chi connectivity index (χ1n) is 41.7. The standard InChI is InChI=1S/C47H45N5O8S2.C25H31N3O6S2.C22H22N4O4S.2H2/c53-38(23-32-15-17-39-33(22-32)13-7-19-48-39)26-36(43(54)27-35(45(56)57)21-30-9-3-1-4-10-30)28-61-62-29-42(44(55)51-41(46(58)59)24-31-11-5-2-6-12-31)52-47(60)50-37-16-18-40-34(25-37)14-8-20-49-40;26-19(22(29)13-18(24(31)32)11-16-7-3-1-4-8-16)14-35-36-15-20(27)23(30)28-21(25(33)34)12-17-9-5-2-6-10-17;27-20(25-18(21(28)29)11-14-5-2-1-3-6-14)19(13-31)26-22(30)24-16-8-9-17-15(12-16)7-4-10-23-17;;/h1-20,22,25,35-36,41-42H,21,23-24,26-29H2,(H,51,55)(H,56,57)(H,58,59)(H2,50,52,60);1-10,18-21H,11-15,26-27H2,(H,28,30)(H,31,32)(H,33,34);1-10,12,18-19,31H,11,13H2,(H,25,27)(H,28,29)(H2,24,26,30);2*1H/i;;;1+2D;1+2. The van der Waals surface area contributed by atoms with E-state index in [0.29, 0.717) is 16.9 Å². The molecule has 0 spiro atoms. The summed E-state index contributed by atoms with van der Waals surface area (Å²) < 4.78 is 10.0. The van der Waals surface area contributed by atoms with Crippen LogP contribution in [0.4, 0.5) is 21.0 Å². The largest absolute Gasteiger partial charge is 0.481 e. The highest BCUT2D eigenvalue weighted by Crippen LogP contribution is 2.31. The van der Waals surface area contributed by atoms with Crippen LogP contribution in [0.3, 0.4) is 0 Å². The van der Waals surface area contributed by atoms with Gasteiger partial charge in [0.1, 0.15) is 41.8 Å². The fourth-order valence-electron chi connectivity index (χ4n) is 13.1. The highest BCUT2D eigenvalue weighted by atomic mass is 33.1. The van der Waals surface area contributed by atoms with E-state index in [2.05, 4.69) is 64.8 Å². The third-order valence-corrected chi connectivity index (χ3v) is 25.3. The van der Waals surface area contributed by atoms with Gasteiger partial charge < -0.3 is 74.2 Å². The molecular weight excluding hydrogens is 1750 g/mol. The lowest BCUT2D eigenvalue weighted by molar-refractivity contribution is -0.144. The van der Waals surface area contributed by atoms with Crippen LogP contribution in [0.15, 0.2) is 261 Å². The molecule has 0 saturated heterocycles. The molecular formula is C94H102N12O18S5. The van der Waals surface area contributed by atoms with Crippen LogP contribution in [0, 0.1) is 17.8 Å². The number of nitrogens with one attached hydrogen (secondary N) is 7. The number of urea groups is 2. The summed E-state index contributed by atoms with van der Waals surface area (Å²) in [4.78, 5) is 177. The molecule has 10 unspecified atom stereocenters. The molecule has 11 rings (SSSR count). The third kappa shape index (κ3) is 34.3. The number of aliphatic carboxylic acids is 5. The molecule has 10 atom stereocenters. The van der Waals surface area contributed by atoms with Crippen molar-refractivity contribution in [3.05, 3.63) is 295 Å². The number of carbonyl (C=O) groups is 13. The molecule has 0 bridgehead atoms. The van der Waals surface area contributed by atoms with Gasteiger partial charge >= 0.3 is 41.9 Å². The summed E-state index contributed by atoms with van der Waals surface area (Å²) in [6.07, 6.45) is 5.12. The van der Waals surface area contributed by atoms with Gasteiger partial charge in [-0.15, -0.1) is 0 Å². The Kier molecular flexibility index (Phi) is 39.8. The molecule has 0 radical (unpaired) electrons. The Bertz CT molecular complexity index is 5400. The van der Waals surface area contributed by atoms with Gasteiger partial charge in [0.05, 0.1) is 40.5 Å². The van der Waals surface area contributed by atoms with Crippen LogP contribution in [0.2, 0.25) is 0 Å². The van der Waals surface area contributed by atoms with Gasteiger partial charge in [0.25, 0.3) is 0 Å². The van der Waals surface area contributed by atoms with E-state index < -0.39 is 120 Å². The molecule has 0 aliphatic rings. The van der Waals surface area contributed by atoms with Crippen LogP contribution in [0.5, 0.6) is 0 Å². The molecule has 30 nitrogen and oxygen atoms in total. The second kappa shape index (κ2) is 52.3. The SMILES string of the molecule is NC(CSSCC(N)C(=O)NC(Cc1ccccc1)C(=O)O)C(=O)CC(Cc1ccccc1)C(=O)O.O=C(Cc1ccc2ncccc2c1)CC(CSSCC(NC(=O)Nc1ccc2ncccc2c1)C(=O)NC(Cc1ccccc1)C(=O)O)C(=O)CC(Cc1ccccc1)C(=O)O.O=C(Nc1ccc2ncccc2c1)NC(CS)C(=O)NC(Cc1ccccc1)C(=O)O.[2H][3H].[3HH]. The summed E-state index contributed by atoms with van der Waals surface area (Å²) in [6, 6.07) is 62.8. The van der Waals surface area contributed by atoms with E-state index in [4.69, 9.17) is 14.4 Å². The fourth-order valence-corrected chi connectivity index (χ4v) is 18.2. The molecule has 8 aromatic carbocycles. The molecule has 35 heteroatoms. The number of thiol groups is 1. The number of Topliss-reactive ketones (excluding diaryl/α,β-unsaturated/α-hetero) is 3. The summed E-state index contributed by atoms with van der Waals surface area (Å²) in [7, 11) is 4.84. The Morgan fingerprint density at radius 2 is 0.690 bits per heavy atom. The van der Waals surface area contributed by atoms with Crippen molar-refractivity contribution in [1.82, 2.24) is 41.5 Å². The van der Waals surface area contributed by atoms with Crippen molar-refractivity contribution in [1.29, 1.82) is 0 Å². The molecule has 0 fully saturated rings. The minimum atomic E-state index is -1.30. The first-order valence-corrected chi connectivity index (χ1v) is 46.4. The number of carboxylic acids is 5. The molecule has 676 valence electrons. The van der Waals surface area contributed by atoms with Crippen LogP contribution in [0.1, 0.15) is 57.0 Å². The average Bonchev–Trinajstić information content (AvgIpc) is 0.843. The van der Waals surface area contributed by atoms with Crippen LogP contribution in [-0.2, 0) is 91.3 Å². The Morgan fingerprint density at radius 3 is 1.09 bits per heavy atom. The highest BCUT2D eigenvalue weighted by molar-refractivity contribution is 8.77. The number of benzene rings is 8. The van der Waals surface area contributed by atoms with Crippen LogP contribution in [0.25, 0.3) is 32.7 Å². The van der Waals surface area contributed by atoms with Gasteiger partial charge in [0.2, 0.25) is 17.7 Å². The number of amides is 7. The normalized spacial score (nSPS) is 13.3. The predicted octanol–water partition coefficient (Wildman–Crippen LogP) is 11.9. The number of nitrogens with two attached hydrogens (primary N) is 2. The lowest BCUT2D eigenvalue weighted by Gasteiger charge is -2.22. The Balaban J connectivity index is 0.000000289. The Morgan fingerprint density at radius 1 is 0.341 bits per heavy atom. The van der Waals surface area contributed by atoms with Crippen LogP contribution >= 0.6 is 55.8 Å². The van der Waals surface area contributed by atoms with E-state index in [0.717, 1.165) is 71.3 Å². The average molecular weight is 1850 g/mol. The maximum atomic E-state index is 13.9. The Hall–Kier alpha value is -13.0. The number of aromatic nitrogens is 3. The quantitative estimate of drug-likeness (QED) is 0.00957. The van der Waals surface area contributed by atoms with E-state index in [1.807, 2.05) is 84.9 Å². The molecule has 0 aliphatic carbocycles. The molecule has 129 heavy (non-hydrogen) atoms. The third-order valence-electron chi connectivity index (χ3n) is 20.0. The van der Waals surface area contributed by atoms with Crippen molar-refractivity contribution in [3.8, 4) is 0 Å². The number of fused-ring (bicyclic) bond motifs is 3. The molecule has 3 aromatic heterocycles. The predicted molar refractivity (Wildman–Crippen MR) is 509 cm³/mol. The van der Waals surface area contributed by atoms with Gasteiger partial charge in [0.15, 0.2) is 5.78 Å². The summed E-state index contributed by atoms with van der Waals surface area (Å²) in [5, 5.41) is 69.1. The van der Waals surface area contributed by atoms with Crippen molar-refractivity contribution in [3.63, 3.8) is 0 Å². The monoisotopic (exact) mass is 1850 g/mol. The minimum absolute atomic E-state index is 0. The van der Waals surface area contributed by atoms with E-state index in [-0.39, 0.29) is 105 Å². The van der Waals surface area contributed by atoms with E-state index in [1.54, 1.807) is 176 Å². The second-order valence-electron chi connectivity index (χ2n) is 29.9. The minimum Gasteiger partial charge on any atom is -0.481 e. The fraction of sp³-hybridized carbons (Fsp3) is 0.255. The number of pyridine rings is 3. The Labute approximate surface area is 769 Å². The number of nitrogens with zero attached hydrogens (tertiary/aromatic N) is 3. The lowest BCUT2D eigenvalue weighted by atomic mass is 9.88. The number of carboxylic acid groups (broad SMARTS) is 5. The van der Waals surface area contributed by atoms with Gasteiger partial charge in [-0.3, -0.25) is 53.3 Å². The van der Waals surface area contributed by atoms with E-state index >= 15 is 0 Å². The number of anilines is 2. The number of hydrogen-bond donors (Lipinski definition) is 15. The van der Waals surface area contributed by atoms with Gasteiger partial charge in [0, 0.05) is 130 Å². The van der Waals surface area contributed by atoms with Crippen molar-refractivity contribution < 1.29 is 92.3 Å². The first kappa shape index (κ1) is 98.2. The van der Waals surface area contributed by atoms with Crippen LogP contribution < -0.4 is 48.7 Å². The molecule has 11 aromatic rings. The van der Waals surface area contributed by atoms with Gasteiger partial charge in [-0.25, -0.2) is 24.0 Å². The van der Waals surface area contributed by atoms with E-state index in [9.17, 15) is 87.9 Å². The molecule has 3 heterocycles. The smallest absolute Gasteiger partial charge is 0.326 e. The summed E-state index contributed by atoms with van der Waals surface area (Å²) in [6.45, 7) is 0. The number of ketones is 3. The maximum Gasteiger partial charge on any atom is 0.326 e. The van der Waals surface area contributed by atoms with Crippen LogP contribution in [-0.4, -0.2) is 189 Å². The first-order chi connectivity index (χ1) is 63.1. The van der Waals surface area contributed by atoms with Crippen molar-refractivity contribution >= 4 is 177 Å². The molecule has 0 saturated carbocycles. The number of carbonyl (C=O) groups excluding carboxylic acids is 8. The zero-order chi connectivity index (χ0) is 94.6. The lowest BCUT2D eigenvalue weighted by Crippen LogP contribution is -2.54. The zero-order valence-corrected chi connectivity index (χ0v) is 73.8.